The highest BCUT2D eigenvalue weighted by Crippen LogP contribution is 2.24. The van der Waals surface area contributed by atoms with Gasteiger partial charge in [0, 0.05) is 32.3 Å². The van der Waals surface area contributed by atoms with E-state index in [0.29, 0.717) is 19.8 Å². The van der Waals surface area contributed by atoms with Crippen LogP contribution in [0.3, 0.4) is 0 Å². The number of halogens is 1. The van der Waals surface area contributed by atoms with Gasteiger partial charge in [0.15, 0.2) is 0 Å². The Balaban J connectivity index is 0. The molecule has 0 aromatic rings. The first kappa shape index (κ1) is 41.5. The zero-order chi connectivity index (χ0) is 28.2. The van der Waals surface area contributed by atoms with Crippen molar-refractivity contribution in [3.63, 3.8) is 0 Å². The third-order valence-corrected chi connectivity index (χ3v) is 11.3. The van der Waals surface area contributed by atoms with Gasteiger partial charge in [0.2, 0.25) is 0 Å². The maximum absolute atomic E-state index is 6.22. The van der Waals surface area contributed by atoms with Gasteiger partial charge in [-0.2, -0.15) is 0 Å². The molecule has 0 unspecified atom stereocenters. The number of nitrogens with zero attached hydrogens (tertiary/aromatic N) is 1. The number of unbranched alkanes of at least 4 members (excludes halogenated alkanes) is 15. The third-order valence-electron chi connectivity index (χ3n) is 8.17. The monoisotopic (exact) mass is 593 g/mol. The van der Waals surface area contributed by atoms with Crippen molar-refractivity contribution in [1.29, 1.82) is 0 Å². The molecule has 39 heavy (non-hydrogen) atoms. The molecule has 0 heterocycles. The van der Waals surface area contributed by atoms with E-state index in [1.807, 2.05) is 0 Å². The van der Waals surface area contributed by atoms with Gasteiger partial charge < -0.3 is 30.2 Å². The summed E-state index contributed by atoms with van der Waals surface area (Å²) in [5, 5.41) is 0. The minimum atomic E-state index is -2.56. The zero-order valence-corrected chi connectivity index (χ0v) is 29.4. The molecule has 0 radical (unpaired) electrons. The van der Waals surface area contributed by atoms with E-state index in [9.17, 15) is 0 Å². The molecule has 0 aromatic heterocycles. The molecule has 6 heteroatoms. The molecule has 0 aliphatic rings. The van der Waals surface area contributed by atoms with Gasteiger partial charge in [0.25, 0.3) is 0 Å². The Morgan fingerprint density at radius 1 is 0.385 bits per heavy atom. The summed E-state index contributed by atoms with van der Waals surface area (Å²) in [4.78, 5) is 0. The molecule has 238 valence electrons. The van der Waals surface area contributed by atoms with Gasteiger partial charge in [-0.15, -0.1) is 0 Å². The molecule has 0 aromatic carbocycles. The van der Waals surface area contributed by atoms with E-state index in [1.165, 1.54) is 146 Å². The fourth-order valence-corrected chi connectivity index (χ4v) is 8.58. The quantitative estimate of drug-likeness (QED) is 0.0478. The van der Waals surface area contributed by atoms with E-state index in [4.69, 9.17) is 13.3 Å². The van der Waals surface area contributed by atoms with Crippen LogP contribution < -0.4 is 12.4 Å². The van der Waals surface area contributed by atoms with Gasteiger partial charge in [-0.1, -0.05) is 97.8 Å². The lowest BCUT2D eigenvalue weighted by Gasteiger charge is -2.40. The summed E-state index contributed by atoms with van der Waals surface area (Å²) >= 11 is 0. The molecule has 0 bridgehead atoms. The average Bonchev–Trinajstić information content (AvgIpc) is 2.90. The molecule has 0 amide bonds. The van der Waals surface area contributed by atoms with Crippen LogP contribution in [0.1, 0.15) is 164 Å². The smallest absolute Gasteiger partial charge is 0.501 e. The largest absolute Gasteiger partial charge is 1.00 e. The van der Waals surface area contributed by atoms with Gasteiger partial charge in [-0.25, -0.2) is 0 Å². The minimum Gasteiger partial charge on any atom is -1.00 e. The van der Waals surface area contributed by atoms with Gasteiger partial charge in [-0.3, -0.25) is 0 Å². The van der Waals surface area contributed by atoms with E-state index in [2.05, 4.69) is 41.5 Å². The van der Waals surface area contributed by atoms with Crippen molar-refractivity contribution in [3.8, 4) is 0 Å². The Kier molecular flexibility index (Phi) is 31.7. The molecular formula is C33H72ClNO3Si. The molecule has 0 rings (SSSR count). The topological polar surface area (TPSA) is 27.7 Å². The molecular weight excluding hydrogens is 522 g/mol. The lowest BCUT2D eigenvalue weighted by molar-refractivity contribution is -0.929. The standard InChI is InChI=1S/C33H72NO3Si.ClH/c1-7-13-16-19-22-25-29-34(30-26-23-20-17-14-8-2,31-27-24-21-18-15-9-3)32-28-33-38(35-10-4,36-11-5)37-12-6;/h7-33H2,1-6H3;1H/q+1;/p-1. The summed E-state index contributed by atoms with van der Waals surface area (Å²) in [7, 11) is -2.56. The Bertz CT molecular complexity index is 426. The summed E-state index contributed by atoms with van der Waals surface area (Å²) in [6.07, 6.45) is 26.2. The lowest BCUT2D eigenvalue weighted by Crippen LogP contribution is -3.00. The average molecular weight is 594 g/mol. The maximum atomic E-state index is 6.22. The van der Waals surface area contributed by atoms with Gasteiger partial charge in [0.05, 0.1) is 26.2 Å². The van der Waals surface area contributed by atoms with Gasteiger partial charge >= 0.3 is 8.80 Å². The highest BCUT2D eigenvalue weighted by atomic mass is 35.5. The number of quaternary nitrogens is 1. The molecule has 0 aliphatic heterocycles. The first-order valence-corrected chi connectivity index (χ1v) is 19.3. The molecule has 0 atom stereocenters. The summed E-state index contributed by atoms with van der Waals surface area (Å²) in [5.41, 5.74) is 0. The van der Waals surface area contributed by atoms with E-state index >= 15 is 0 Å². The van der Waals surface area contributed by atoms with Crippen LogP contribution in [0.25, 0.3) is 0 Å². The van der Waals surface area contributed by atoms with E-state index in [0.717, 1.165) is 12.5 Å². The van der Waals surface area contributed by atoms with Crippen molar-refractivity contribution >= 4 is 8.80 Å². The first-order chi connectivity index (χ1) is 18.6. The maximum Gasteiger partial charge on any atom is 0.501 e. The Labute approximate surface area is 254 Å². The van der Waals surface area contributed by atoms with Crippen molar-refractivity contribution in [2.24, 2.45) is 0 Å². The van der Waals surface area contributed by atoms with Gasteiger partial charge in [-0.05, 0) is 59.3 Å². The second-order valence-electron chi connectivity index (χ2n) is 11.6. The normalized spacial score (nSPS) is 12.2. The zero-order valence-electron chi connectivity index (χ0n) is 27.6. The Morgan fingerprint density at radius 3 is 0.974 bits per heavy atom. The van der Waals surface area contributed by atoms with Crippen LogP contribution in [0.15, 0.2) is 0 Å². The SMILES string of the molecule is CCCCCCCC[N+](CCCCCCCC)(CCCCCCCC)CCC[Si](OCC)(OCC)OCC.[Cl-]. The predicted molar refractivity (Wildman–Crippen MR) is 170 cm³/mol. The summed E-state index contributed by atoms with van der Waals surface area (Å²) in [6.45, 7) is 20.6. The number of hydrogen-bond donors (Lipinski definition) is 0. The van der Waals surface area contributed by atoms with Crippen molar-refractivity contribution in [3.05, 3.63) is 0 Å². The molecule has 0 aliphatic carbocycles. The van der Waals surface area contributed by atoms with Crippen LogP contribution in [0.2, 0.25) is 6.04 Å². The summed E-state index contributed by atoms with van der Waals surface area (Å²) in [5.74, 6) is 0. The van der Waals surface area contributed by atoms with Crippen molar-refractivity contribution in [2.45, 2.75) is 170 Å². The van der Waals surface area contributed by atoms with Crippen LogP contribution in [-0.2, 0) is 13.3 Å². The molecule has 0 N–H and O–H groups in total. The van der Waals surface area contributed by atoms with Crippen molar-refractivity contribution < 1.29 is 30.2 Å². The molecule has 0 spiro atoms. The third kappa shape index (κ3) is 22.6. The summed E-state index contributed by atoms with van der Waals surface area (Å²) in [6, 6.07) is 0.964. The first-order valence-electron chi connectivity index (χ1n) is 17.3. The lowest BCUT2D eigenvalue weighted by atomic mass is 10.1. The van der Waals surface area contributed by atoms with E-state index in [1.54, 1.807) is 0 Å². The predicted octanol–water partition coefficient (Wildman–Crippen LogP) is 7.33. The van der Waals surface area contributed by atoms with Crippen molar-refractivity contribution in [2.75, 3.05) is 46.0 Å². The van der Waals surface area contributed by atoms with E-state index < -0.39 is 8.80 Å². The van der Waals surface area contributed by atoms with Crippen LogP contribution in [0.5, 0.6) is 0 Å². The Hall–Kier alpha value is 0.347. The van der Waals surface area contributed by atoms with Crippen LogP contribution in [0.4, 0.5) is 0 Å². The van der Waals surface area contributed by atoms with Crippen molar-refractivity contribution in [1.82, 2.24) is 0 Å². The highest BCUT2D eigenvalue weighted by molar-refractivity contribution is 6.60. The Morgan fingerprint density at radius 2 is 0.667 bits per heavy atom. The number of rotatable bonds is 31. The molecule has 0 fully saturated rings. The fraction of sp³-hybridized carbons (Fsp3) is 1.00. The van der Waals surface area contributed by atoms with Crippen LogP contribution in [0, 0.1) is 0 Å². The second kappa shape index (κ2) is 29.8. The van der Waals surface area contributed by atoms with Crippen LogP contribution >= 0.6 is 0 Å². The number of hydrogen-bond acceptors (Lipinski definition) is 3. The molecule has 4 nitrogen and oxygen atoms in total. The van der Waals surface area contributed by atoms with E-state index in [-0.39, 0.29) is 12.4 Å². The van der Waals surface area contributed by atoms with Gasteiger partial charge in [0.1, 0.15) is 0 Å². The minimum absolute atomic E-state index is 0. The van der Waals surface area contributed by atoms with Crippen LogP contribution in [-0.4, -0.2) is 59.3 Å². The summed E-state index contributed by atoms with van der Waals surface area (Å²) < 4.78 is 20.0. The second-order valence-corrected chi connectivity index (χ2v) is 14.4. The fourth-order valence-electron chi connectivity index (χ4n) is 5.99. The molecule has 0 saturated carbocycles. The molecule has 0 saturated heterocycles. The highest BCUT2D eigenvalue weighted by Gasteiger charge is 2.41.